The van der Waals surface area contributed by atoms with Crippen LogP contribution < -0.4 is 5.32 Å². The summed E-state index contributed by atoms with van der Waals surface area (Å²) in [6.45, 7) is 3.83. The van der Waals surface area contributed by atoms with Crippen LogP contribution in [0.15, 0.2) is 22.7 Å². The molecule has 2 nitrogen and oxygen atoms in total. The lowest BCUT2D eigenvalue weighted by Gasteiger charge is -2.28. The first-order valence-electron chi connectivity index (χ1n) is 5.18. The van der Waals surface area contributed by atoms with Gasteiger partial charge in [-0.1, -0.05) is 28.9 Å². The van der Waals surface area contributed by atoms with Crippen molar-refractivity contribution in [2.75, 3.05) is 0 Å². The standard InChI is InChI=1S/C12H13BrFNO/c1-7-12(2,6-11(16)15-7)9-4-3-8(13)5-10(9)14/h3-5,7H,6H2,1-2H3,(H,15,16). The molecule has 1 aromatic carbocycles. The molecule has 0 bridgehead atoms. The van der Waals surface area contributed by atoms with Gasteiger partial charge in [0.2, 0.25) is 5.91 Å². The predicted octanol–water partition coefficient (Wildman–Crippen LogP) is 2.75. The van der Waals surface area contributed by atoms with E-state index in [0.717, 1.165) is 0 Å². The Kier molecular flexibility index (Phi) is 2.78. The van der Waals surface area contributed by atoms with Gasteiger partial charge >= 0.3 is 0 Å². The molecule has 1 aliphatic rings. The topological polar surface area (TPSA) is 29.1 Å². The van der Waals surface area contributed by atoms with Crippen molar-refractivity contribution in [3.63, 3.8) is 0 Å². The second kappa shape index (κ2) is 3.84. The summed E-state index contributed by atoms with van der Waals surface area (Å²) >= 11 is 3.23. The average molecular weight is 286 g/mol. The fraction of sp³-hybridized carbons (Fsp3) is 0.417. The summed E-state index contributed by atoms with van der Waals surface area (Å²) in [5.74, 6) is -0.280. The van der Waals surface area contributed by atoms with Crippen molar-refractivity contribution in [3.05, 3.63) is 34.1 Å². The van der Waals surface area contributed by atoms with Crippen molar-refractivity contribution in [3.8, 4) is 0 Å². The van der Waals surface area contributed by atoms with Crippen LogP contribution in [-0.4, -0.2) is 11.9 Å². The number of halogens is 2. The minimum absolute atomic E-state index is 0.0164. The Balaban J connectivity index is 2.47. The van der Waals surface area contributed by atoms with Gasteiger partial charge < -0.3 is 5.32 Å². The third-order valence-corrected chi connectivity index (χ3v) is 3.90. The molecule has 1 aromatic rings. The Morgan fingerprint density at radius 3 is 2.75 bits per heavy atom. The van der Waals surface area contributed by atoms with Crippen molar-refractivity contribution in [1.29, 1.82) is 0 Å². The van der Waals surface area contributed by atoms with Gasteiger partial charge in [0, 0.05) is 22.4 Å². The molecule has 2 unspecified atom stereocenters. The van der Waals surface area contributed by atoms with Crippen molar-refractivity contribution in [2.24, 2.45) is 0 Å². The van der Waals surface area contributed by atoms with E-state index in [-0.39, 0.29) is 17.8 Å². The van der Waals surface area contributed by atoms with E-state index in [0.29, 0.717) is 16.5 Å². The van der Waals surface area contributed by atoms with Crippen LogP contribution in [0.2, 0.25) is 0 Å². The van der Waals surface area contributed by atoms with Gasteiger partial charge in [0.1, 0.15) is 5.82 Å². The Labute approximate surface area is 102 Å². The van der Waals surface area contributed by atoms with Gasteiger partial charge in [0.15, 0.2) is 0 Å². The second-order valence-corrected chi connectivity index (χ2v) is 5.42. The van der Waals surface area contributed by atoms with Crippen LogP contribution >= 0.6 is 15.9 Å². The zero-order chi connectivity index (χ0) is 11.9. The Morgan fingerprint density at radius 1 is 1.56 bits per heavy atom. The smallest absolute Gasteiger partial charge is 0.221 e. The highest BCUT2D eigenvalue weighted by atomic mass is 79.9. The highest BCUT2D eigenvalue weighted by Crippen LogP contribution is 2.37. The van der Waals surface area contributed by atoms with Crippen LogP contribution in [0.5, 0.6) is 0 Å². The molecule has 4 heteroatoms. The van der Waals surface area contributed by atoms with E-state index in [4.69, 9.17) is 0 Å². The van der Waals surface area contributed by atoms with Crippen LogP contribution in [0.3, 0.4) is 0 Å². The van der Waals surface area contributed by atoms with Gasteiger partial charge in [-0.05, 0) is 24.6 Å². The van der Waals surface area contributed by atoms with Gasteiger partial charge in [-0.3, -0.25) is 4.79 Å². The lowest BCUT2D eigenvalue weighted by atomic mass is 9.76. The fourth-order valence-corrected chi connectivity index (χ4v) is 2.55. The number of carbonyl (C=O) groups excluding carboxylic acids is 1. The molecule has 1 amide bonds. The summed E-state index contributed by atoms with van der Waals surface area (Å²) in [6.07, 6.45) is 0.340. The van der Waals surface area contributed by atoms with Crippen LogP contribution in [0.1, 0.15) is 25.8 Å². The molecule has 1 saturated heterocycles. The van der Waals surface area contributed by atoms with Crippen molar-refractivity contribution >= 4 is 21.8 Å². The molecular weight excluding hydrogens is 273 g/mol. The number of nitrogens with one attached hydrogen (secondary N) is 1. The summed E-state index contributed by atoms with van der Waals surface area (Å²) in [5.41, 5.74) is 0.142. The Morgan fingerprint density at radius 2 is 2.25 bits per heavy atom. The van der Waals surface area contributed by atoms with Gasteiger partial charge in [0.25, 0.3) is 0 Å². The van der Waals surface area contributed by atoms with Crippen LogP contribution in [0, 0.1) is 5.82 Å². The second-order valence-electron chi connectivity index (χ2n) is 4.51. The highest BCUT2D eigenvalue weighted by molar-refractivity contribution is 9.10. The Hall–Kier alpha value is -0.900. The van der Waals surface area contributed by atoms with E-state index in [1.807, 2.05) is 13.8 Å². The first-order chi connectivity index (χ1) is 7.43. The van der Waals surface area contributed by atoms with Crippen molar-refractivity contribution in [2.45, 2.75) is 31.7 Å². The molecule has 16 heavy (non-hydrogen) atoms. The summed E-state index contributed by atoms with van der Waals surface area (Å²) in [4.78, 5) is 11.4. The largest absolute Gasteiger partial charge is 0.353 e. The van der Waals surface area contributed by atoms with E-state index >= 15 is 0 Å². The predicted molar refractivity (Wildman–Crippen MR) is 63.7 cm³/mol. The quantitative estimate of drug-likeness (QED) is 0.845. The molecular formula is C12H13BrFNO. The maximum absolute atomic E-state index is 13.9. The highest BCUT2D eigenvalue weighted by Gasteiger charge is 2.43. The third-order valence-electron chi connectivity index (χ3n) is 3.41. The van der Waals surface area contributed by atoms with Crippen molar-refractivity contribution in [1.82, 2.24) is 5.32 Å². The van der Waals surface area contributed by atoms with Crippen LogP contribution in [0.4, 0.5) is 4.39 Å². The van der Waals surface area contributed by atoms with Crippen molar-refractivity contribution < 1.29 is 9.18 Å². The molecule has 0 aliphatic carbocycles. The summed E-state index contributed by atoms with van der Waals surface area (Å²) in [6, 6.07) is 4.95. The van der Waals surface area contributed by atoms with E-state index in [1.165, 1.54) is 6.07 Å². The average Bonchev–Trinajstić information content (AvgIpc) is 2.40. The van der Waals surface area contributed by atoms with E-state index in [1.54, 1.807) is 12.1 Å². The van der Waals surface area contributed by atoms with E-state index in [2.05, 4.69) is 21.2 Å². The van der Waals surface area contributed by atoms with Crippen LogP contribution in [0.25, 0.3) is 0 Å². The Bertz CT molecular complexity index is 449. The first kappa shape index (κ1) is 11.6. The van der Waals surface area contributed by atoms with Gasteiger partial charge in [-0.2, -0.15) is 0 Å². The molecule has 1 aliphatic heterocycles. The SMILES string of the molecule is CC1NC(=O)CC1(C)c1ccc(Br)cc1F. The molecule has 1 fully saturated rings. The number of hydrogen-bond acceptors (Lipinski definition) is 1. The maximum Gasteiger partial charge on any atom is 0.221 e. The number of carbonyl (C=O) groups is 1. The van der Waals surface area contributed by atoms with Gasteiger partial charge in [-0.15, -0.1) is 0 Å². The zero-order valence-electron chi connectivity index (χ0n) is 9.18. The minimum atomic E-state index is -0.456. The van der Waals surface area contributed by atoms with E-state index in [9.17, 15) is 9.18 Å². The number of rotatable bonds is 1. The normalized spacial score (nSPS) is 29.2. The fourth-order valence-electron chi connectivity index (χ4n) is 2.22. The number of amides is 1. The number of benzene rings is 1. The van der Waals surface area contributed by atoms with Crippen LogP contribution in [-0.2, 0) is 10.2 Å². The molecule has 0 radical (unpaired) electrons. The van der Waals surface area contributed by atoms with Gasteiger partial charge in [0.05, 0.1) is 0 Å². The molecule has 0 spiro atoms. The minimum Gasteiger partial charge on any atom is -0.353 e. The monoisotopic (exact) mass is 285 g/mol. The molecule has 0 saturated carbocycles. The molecule has 1 heterocycles. The summed E-state index contributed by atoms with van der Waals surface area (Å²) in [7, 11) is 0. The third kappa shape index (κ3) is 1.75. The maximum atomic E-state index is 13.9. The molecule has 0 aromatic heterocycles. The van der Waals surface area contributed by atoms with E-state index < -0.39 is 5.41 Å². The molecule has 1 N–H and O–H groups in total. The molecule has 2 rings (SSSR count). The lowest BCUT2D eigenvalue weighted by Crippen LogP contribution is -2.36. The first-order valence-corrected chi connectivity index (χ1v) is 5.97. The zero-order valence-corrected chi connectivity index (χ0v) is 10.8. The lowest BCUT2D eigenvalue weighted by molar-refractivity contribution is -0.119. The van der Waals surface area contributed by atoms with Gasteiger partial charge in [-0.25, -0.2) is 4.39 Å². The summed E-state index contributed by atoms with van der Waals surface area (Å²) in [5, 5.41) is 2.83. The number of hydrogen-bond donors (Lipinski definition) is 1. The summed E-state index contributed by atoms with van der Waals surface area (Å²) < 4.78 is 14.6. The molecule has 2 atom stereocenters. The molecule has 86 valence electrons.